The van der Waals surface area contributed by atoms with Crippen molar-refractivity contribution in [3.63, 3.8) is 0 Å². The molecule has 1 amide bonds. The summed E-state index contributed by atoms with van der Waals surface area (Å²) in [5.41, 5.74) is 0.656. The molecular formula is C22H30N2O5. The molecular weight excluding hydrogens is 372 g/mol. The summed E-state index contributed by atoms with van der Waals surface area (Å²) in [5.74, 6) is 0.130. The van der Waals surface area contributed by atoms with E-state index in [4.69, 9.17) is 9.84 Å². The first-order valence-electron chi connectivity index (χ1n) is 10.3. The normalized spacial score (nSPS) is 25.5. The SMILES string of the molecule is O=C(O)CCCC=CC[C@@H]1[C@@H](CNCC(=O)Nc2ccc(O)cc2)[C@@H]2CC[C@H]1O2. The number of carbonyl (C=O) groups is 2. The van der Waals surface area contributed by atoms with Gasteiger partial charge in [-0.1, -0.05) is 12.2 Å². The number of aliphatic carboxylic acids is 1. The van der Waals surface area contributed by atoms with Gasteiger partial charge in [-0.05, 0) is 62.3 Å². The maximum absolute atomic E-state index is 12.1. The fraction of sp³-hybridized carbons (Fsp3) is 0.545. The first kappa shape index (κ1) is 21.3. The summed E-state index contributed by atoms with van der Waals surface area (Å²) in [4.78, 5) is 22.7. The lowest BCUT2D eigenvalue weighted by Crippen LogP contribution is -2.38. The van der Waals surface area contributed by atoms with Crippen molar-refractivity contribution in [2.45, 2.75) is 50.7 Å². The largest absolute Gasteiger partial charge is 0.508 e. The van der Waals surface area contributed by atoms with Crippen LogP contribution >= 0.6 is 0 Å². The van der Waals surface area contributed by atoms with Gasteiger partial charge in [-0.25, -0.2) is 0 Å². The van der Waals surface area contributed by atoms with Crippen LogP contribution in [-0.4, -0.2) is 47.4 Å². The van der Waals surface area contributed by atoms with Crippen LogP contribution in [0.4, 0.5) is 5.69 Å². The average Bonchev–Trinajstić information content (AvgIpc) is 3.28. The van der Waals surface area contributed by atoms with Crippen molar-refractivity contribution in [1.29, 1.82) is 0 Å². The highest BCUT2D eigenvalue weighted by Crippen LogP contribution is 2.44. The number of carboxylic acid groups (broad SMARTS) is 1. The summed E-state index contributed by atoms with van der Waals surface area (Å²) in [7, 11) is 0. The van der Waals surface area contributed by atoms with E-state index in [-0.39, 0.29) is 30.7 Å². The van der Waals surface area contributed by atoms with E-state index in [1.807, 2.05) is 0 Å². The summed E-state index contributed by atoms with van der Waals surface area (Å²) in [6.45, 7) is 0.966. The molecule has 4 atom stereocenters. The Hall–Kier alpha value is -2.38. The Morgan fingerprint density at radius 2 is 1.83 bits per heavy atom. The molecule has 3 rings (SSSR count). The van der Waals surface area contributed by atoms with Gasteiger partial charge in [0.15, 0.2) is 0 Å². The van der Waals surface area contributed by atoms with E-state index >= 15 is 0 Å². The molecule has 2 bridgehead atoms. The predicted octanol–water partition coefficient (Wildman–Crippen LogP) is 2.92. The van der Waals surface area contributed by atoms with Crippen LogP contribution in [0.5, 0.6) is 5.75 Å². The first-order valence-corrected chi connectivity index (χ1v) is 10.3. The highest BCUT2D eigenvalue weighted by atomic mass is 16.5. The number of aromatic hydroxyl groups is 1. The summed E-state index contributed by atoms with van der Waals surface area (Å²) >= 11 is 0. The smallest absolute Gasteiger partial charge is 0.303 e. The molecule has 2 fully saturated rings. The number of allylic oxidation sites excluding steroid dienone is 2. The molecule has 1 aromatic carbocycles. The van der Waals surface area contributed by atoms with Crippen molar-refractivity contribution in [2.24, 2.45) is 11.8 Å². The molecule has 2 heterocycles. The third-order valence-electron chi connectivity index (χ3n) is 5.74. The second kappa shape index (κ2) is 10.4. The highest BCUT2D eigenvalue weighted by molar-refractivity contribution is 5.92. The Morgan fingerprint density at radius 3 is 2.55 bits per heavy atom. The number of amides is 1. The molecule has 0 aromatic heterocycles. The molecule has 2 aliphatic heterocycles. The number of nitrogens with one attached hydrogen (secondary N) is 2. The molecule has 7 nitrogen and oxygen atoms in total. The van der Waals surface area contributed by atoms with E-state index in [9.17, 15) is 14.7 Å². The van der Waals surface area contributed by atoms with Crippen LogP contribution in [0.2, 0.25) is 0 Å². The highest BCUT2D eigenvalue weighted by Gasteiger charge is 2.47. The number of rotatable bonds is 11. The average molecular weight is 402 g/mol. The fourth-order valence-corrected chi connectivity index (χ4v) is 4.32. The number of anilines is 1. The number of unbranched alkanes of at least 4 members (excludes halogenated alkanes) is 1. The van der Waals surface area contributed by atoms with Gasteiger partial charge in [-0.2, -0.15) is 0 Å². The summed E-state index contributed by atoms with van der Waals surface area (Å²) < 4.78 is 6.10. The number of benzene rings is 1. The van der Waals surface area contributed by atoms with Crippen molar-refractivity contribution >= 4 is 17.6 Å². The number of hydrogen-bond acceptors (Lipinski definition) is 5. The summed E-state index contributed by atoms with van der Waals surface area (Å²) in [6.07, 6.45) is 9.55. The van der Waals surface area contributed by atoms with Gasteiger partial charge in [0.05, 0.1) is 18.8 Å². The maximum atomic E-state index is 12.1. The number of phenolic OH excluding ortho intramolecular Hbond substituents is 1. The van der Waals surface area contributed by atoms with Crippen molar-refractivity contribution < 1.29 is 24.5 Å². The molecule has 0 radical (unpaired) electrons. The van der Waals surface area contributed by atoms with E-state index < -0.39 is 5.97 Å². The number of carbonyl (C=O) groups excluding carboxylic acids is 1. The minimum atomic E-state index is -0.750. The second-order valence-corrected chi connectivity index (χ2v) is 7.84. The van der Waals surface area contributed by atoms with E-state index in [1.165, 1.54) is 12.1 Å². The van der Waals surface area contributed by atoms with Crippen LogP contribution in [-0.2, 0) is 14.3 Å². The third kappa shape index (κ3) is 6.30. The number of ether oxygens (including phenoxy) is 1. The van der Waals surface area contributed by atoms with Gasteiger partial charge in [0.2, 0.25) is 5.91 Å². The van der Waals surface area contributed by atoms with Crippen molar-refractivity contribution in [1.82, 2.24) is 5.32 Å². The molecule has 1 aromatic rings. The van der Waals surface area contributed by atoms with Crippen molar-refractivity contribution in [2.75, 3.05) is 18.4 Å². The van der Waals surface area contributed by atoms with Gasteiger partial charge in [-0.3, -0.25) is 9.59 Å². The molecule has 0 unspecified atom stereocenters. The molecule has 29 heavy (non-hydrogen) atoms. The zero-order valence-corrected chi connectivity index (χ0v) is 16.5. The van der Waals surface area contributed by atoms with Crippen LogP contribution < -0.4 is 10.6 Å². The lowest BCUT2D eigenvalue weighted by atomic mass is 9.77. The van der Waals surface area contributed by atoms with Gasteiger partial charge in [0.1, 0.15) is 5.75 Å². The third-order valence-corrected chi connectivity index (χ3v) is 5.74. The Bertz CT molecular complexity index is 718. The van der Waals surface area contributed by atoms with Gasteiger partial charge in [0.25, 0.3) is 0 Å². The van der Waals surface area contributed by atoms with E-state index in [0.717, 1.165) is 32.2 Å². The molecule has 4 N–H and O–H groups in total. The van der Waals surface area contributed by atoms with E-state index in [0.29, 0.717) is 30.0 Å². The van der Waals surface area contributed by atoms with Gasteiger partial charge < -0.3 is 25.6 Å². The van der Waals surface area contributed by atoms with Gasteiger partial charge in [0, 0.05) is 24.6 Å². The van der Waals surface area contributed by atoms with Gasteiger partial charge >= 0.3 is 5.97 Å². The van der Waals surface area contributed by atoms with E-state index in [1.54, 1.807) is 12.1 Å². The standard InChI is InChI=1S/C22H30N2O5/c25-16-9-7-15(8-10-16)24-21(26)14-23-13-18-17(19-11-12-20(18)29-19)5-3-1-2-4-6-22(27)28/h1,3,7-10,17-20,23,25H,2,4-6,11-14H2,(H,24,26)(H,27,28)/t17-,18-,19-,20+/m1/s1. The minimum absolute atomic E-state index is 0.116. The number of hydrogen-bond donors (Lipinski definition) is 4. The van der Waals surface area contributed by atoms with E-state index in [2.05, 4.69) is 22.8 Å². The van der Waals surface area contributed by atoms with Crippen LogP contribution in [0.25, 0.3) is 0 Å². The van der Waals surface area contributed by atoms with Crippen LogP contribution in [0.15, 0.2) is 36.4 Å². The predicted molar refractivity (Wildman–Crippen MR) is 110 cm³/mol. The first-order chi connectivity index (χ1) is 14.0. The minimum Gasteiger partial charge on any atom is -0.508 e. The Balaban J connectivity index is 1.40. The molecule has 7 heteroatoms. The fourth-order valence-electron chi connectivity index (χ4n) is 4.32. The molecule has 0 spiro atoms. The summed E-state index contributed by atoms with van der Waals surface area (Å²) in [6, 6.07) is 6.40. The Kier molecular flexibility index (Phi) is 7.66. The van der Waals surface area contributed by atoms with Crippen LogP contribution in [0, 0.1) is 11.8 Å². The molecule has 2 saturated heterocycles. The maximum Gasteiger partial charge on any atom is 0.303 e. The Morgan fingerprint density at radius 1 is 1.10 bits per heavy atom. The summed E-state index contributed by atoms with van der Waals surface area (Å²) in [5, 5.41) is 24.0. The Labute approximate surface area is 171 Å². The zero-order chi connectivity index (χ0) is 20.6. The van der Waals surface area contributed by atoms with Crippen LogP contribution in [0.3, 0.4) is 0 Å². The number of carboxylic acids is 1. The quantitative estimate of drug-likeness (QED) is 0.258. The molecule has 2 aliphatic rings. The number of fused-ring (bicyclic) bond motifs is 2. The second-order valence-electron chi connectivity index (χ2n) is 7.84. The lowest BCUT2D eigenvalue weighted by molar-refractivity contribution is -0.137. The van der Waals surface area contributed by atoms with Crippen LogP contribution in [0.1, 0.15) is 38.5 Å². The monoisotopic (exact) mass is 402 g/mol. The molecule has 158 valence electrons. The lowest BCUT2D eigenvalue weighted by Gasteiger charge is -2.27. The van der Waals surface area contributed by atoms with Gasteiger partial charge in [-0.15, -0.1) is 0 Å². The van der Waals surface area contributed by atoms with Crippen molar-refractivity contribution in [3.8, 4) is 5.75 Å². The number of phenols is 1. The molecule has 0 aliphatic carbocycles. The topological polar surface area (TPSA) is 108 Å². The molecule has 0 saturated carbocycles. The van der Waals surface area contributed by atoms with Crippen molar-refractivity contribution in [3.05, 3.63) is 36.4 Å². The zero-order valence-electron chi connectivity index (χ0n) is 16.5.